The van der Waals surface area contributed by atoms with Crippen LogP contribution in [0.5, 0.6) is 0 Å². The molecule has 3 aromatic rings. The summed E-state index contributed by atoms with van der Waals surface area (Å²) in [4.78, 5) is 36.0. The molecule has 7 nitrogen and oxygen atoms in total. The van der Waals surface area contributed by atoms with Crippen molar-refractivity contribution in [2.75, 3.05) is 5.43 Å². The normalized spacial score (nSPS) is 10.9. The average Bonchev–Trinajstić information content (AvgIpc) is 2.79. The van der Waals surface area contributed by atoms with Gasteiger partial charge in [-0.1, -0.05) is 12.1 Å². The monoisotopic (exact) mass is 313 g/mol. The number of aromatic nitrogens is 2. The molecule has 0 bridgehead atoms. The van der Waals surface area contributed by atoms with E-state index in [1.807, 2.05) is 0 Å². The smallest absolute Gasteiger partial charge is 0.408 e. The van der Waals surface area contributed by atoms with E-state index in [0.29, 0.717) is 16.8 Å². The SMILES string of the molecule is Cc1cc(C)n(NC(=O)Cn2c(=O)oc3ccccc32)c(=O)c1. The second-order valence-corrected chi connectivity index (χ2v) is 5.30. The summed E-state index contributed by atoms with van der Waals surface area (Å²) in [6.45, 7) is 3.28. The number of hydrogen-bond donors (Lipinski definition) is 1. The van der Waals surface area contributed by atoms with E-state index in [9.17, 15) is 14.4 Å². The van der Waals surface area contributed by atoms with E-state index in [-0.39, 0.29) is 12.1 Å². The molecule has 23 heavy (non-hydrogen) atoms. The molecule has 7 heteroatoms. The second kappa shape index (κ2) is 5.60. The van der Waals surface area contributed by atoms with Gasteiger partial charge < -0.3 is 4.42 Å². The van der Waals surface area contributed by atoms with Crippen LogP contribution in [0.2, 0.25) is 0 Å². The van der Waals surface area contributed by atoms with Crippen LogP contribution in [0, 0.1) is 13.8 Å². The van der Waals surface area contributed by atoms with E-state index in [0.717, 1.165) is 10.2 Å². The zero-order chi connectivity index (χ0) is 16.6. The standard InChI is InChI=1S/C16H15N3O4/c1-10-7-11(2)19(15(21)8-10)17-14(20)9-18-12-5-3-4-6-13(12)23-16(18)22/h3-8H,9H2,1-2H3,(H,17,20). The minimum absolute atomic E-state index is 0.240. The molecule has 0 spiro atoms. The highest BCUT2D eigenvalue weighted by molar-refractivity contribution is 5.85. The van der Waals surface area contributed by atoms with Crippen LogP contribution in [0.15, 0.2) is 50.4 Å². The van der Waals surface area contributed by atoms with Gasteiger partial charge in [0.15, 0.2) is 5.58 Å². The molecule has 0 saturated carbocycles. The topological polar surface area (TPSA) is 86.2 Å². The lowest BCUT2D eigenvalue weighted by Gasteiger charge is -2.12. The molecule has 0 aliphatic carbocycles. The first-order valence-electron chi connectivity index (χ1n) is 7.04. The Kier molecular flexibility index (Phi) is 3.61. The highest BCUT2D eigenvalue weighted by Gasteiger charge is 2.13. The van der Waals surface area contributed by atoms with Crippen LogP contribution in [0.1, 0.15) is 11.3 Å². The van der Waals surface area contributed by atoms with Gasteiger partial charge in [-0.25, -0.2) is 9.47 Å². The molecule has 0 aliphatic heterocycles. The molecule has 3 rings (SSSR count). The van der Waals surface area contributed by atoms with E-state index in [1.165, 1.54) is 10.6 Å². The van der Waals surface area contributed by atoms with Gasteiger partial charge in [0.25, 0.3) is 11.5 Å². The minimum atomic E-state index is -0.616. The van der Waals surface area contributed by atoms with E-state index < -0.39 is 11.7 Å². The fourth-order valence-corrected chi connectivity index (χ4v) is 2.48. The first-order chi connectivity index (χ1) is 11.0. The van der Waals surface area contributed by atoms with Gasteiger partial charge in [-0.15, -0.1) is 0 Å². The Balaban J connectivity index is 1.89. The summed E-state index contributed by atoms with van der Waals surface area (Å²) in [5.74, 6) is -1.11. The first kappa shape index (κ1) is 14.8. The van der Waals surface area contributed by atoms with E-state index in [2.05, 4.69) is 5.43 Å². The van der Waals surface area contributed by atoms with Gasteiger partial charge in [0.1, 0.15) is 6.54 Å². The molecule has 0 fully saturated rings. The molecule has 1 aromatic carbocycles. The summed E-state index contributed by atoms with van der Waals surface area (Å²) in [6.07, 6.45) is 0. The maximum atomic E-state index is 12.2. The summed E-state index contributed by atoms with van der Waals surface area (Å²) in [5.41, 5.74) is 4.53. The third-order valence-electron chi connectivity index (χ3n) is 3.47. The molecule has 0 radical (unpaired) electrons. The summed E-state index contributed by atoms with van der Waals surface area (Å²) >= 11 is 0. The van der Waals surface area contributed by atoms with Crippen LogP contribution in [0.25, 0.3) is 11.1 Å². The van der Waals surface area contributed by atoms with Gasteiger partial charge in [0.2, 0.25) is 0 Å². The van der Waals surface area contributed by atoms with Crippen molar-refractivity contribution in [1.29, 1.82) is 0 Å². The van der Waals surface area contributed by atoms with Crippen LogP contribution in [-0.4, -0.2) is 15.2 Å². The Morgan fingerprint density at radius 2 is 1.91 bits per heavy atom. The van der Waals surface area contributed by atoms with E-state index >= 15 is 0 Å². The maximum Gasteiger partial charge on any atom is 0.420 e. The quantitative estimate of drug-likeness (QED) is 0.785. The minimum Gasteiger partial charge on any atom is -0.408 e. The number of oxazole rings is 1. The van der Waals surface area contributed by atoms with Crippen molar-refractivity contribution in [3.63, 3.8) is 0 Å². The Morgan fingerprint density at radius 3 is 2.65 bits per heavy atom. The summed E-state index contributed by atoms with van der Waals surface area (Å²) < 4.78 is 7.45. The van der Waals surface area contributed by atoms with Gasteiger partial charge in [-0.2, -0.15) is 0 Å². The third kappa shape index (κ3) is 2.80. The van der Waals surface area contributed by atoms with Crippen molar-refractivity contribution >= 4 is 17.0 Å². The van der Waals surface area contributed by atoms with Gasteiger partial charge in [-0.05, 0) is 37.6 Å². The number of benzene rings is 1. The fraction of sp³-hybridized carbons (Fsp3) is 0.188. The number of aryl methyl sites for hydroxylation is 2. The molecule has 118 valence electrons. The van der Waals surface area contributed by atoms with Gasteiger partial charge in [-0.3, -0.25) is 19.6 Å². The Morgan fingerprint density at radius 1 is 1.17 bits per heavy atom. The lowest BCUT2D eigenvalue weighted by atomic mass is 10.2. The number of nitrogens with zero attached hydrogens (tertiary/aromatic N) is 2. The predicted molar refractivity (Wildman–Crippen MR) is 85.0 cm³/mol. The number of carbonyl (C=O) groups is 1. The Labute approximate surface area is 130 Å². The molecule has 0 atom stereocenters. The van der Waals surface area contributed by atoms with Crippen LogP contribution in [-0.2, 0) is 11.3 Å². The largest absolute Gasteiger partial charge is 0.420 e. The zero-order valence-electron chi connectivity index (χ0n) is 12.7. The van der Waals surface area contributed by atoms with E-state index in [4.69, 9.17) is 4.42 Å². The van der Waals surface area contributed by atoms with Gasteiger partial charge in [0, 0.05) is 11.8 Å². The number of nitrogens with one attached hydrogen (secondary N) is 1. The average molecular weight is 313 g/mol. The van der Waals surface area contributed by atoms with Crippen LogP contribution in [0.3, 0.4) is 0 Å². The molecule has 2 aromatic heterocycles. The number of amides is 1. The number of hydrogen-bond acceptors (Lipinski definition) is 4. The summed E-state index contributed by atoms with van der Waals surface area (Å²) in [5, 5.41) is 0. The zero-order valence-corrected chi connectivity index (χ0v) is 12.7. The summed E-state index contributed by atoms with van der Waals surface area (Å²) in [6, 6.07) is 10.0. The van der Waals surface area contributed by atoms with Crippen LogP contribution in [0.4, 0.5) is 0 Å². The third-order valence-corrected chi connectivity index (χ3v) is 3.47. The lowest BCUT2D eigenvalue weighted by Crippen LogP contribution is -2.37. The van der Waals surface area contributed by atoms with Gasteiger partial charge in [0.05, 0.1) is 5.52 Å². The molecule has 0 aliphatic rings. The molecule has 1 amide bonds. The lowest BCUT2D eigenvalue weighted by molar-refractivity contribution is -0.117. The predicted octanol–water partition coefficient (Wildman–Crippen LogP) is 1.14. The summed E-state index contributed by atoms with van der Waals surface area (Å²) in [7, 11) is 0. The number of fused-ring (bicyclic) bond motifs is 1. The van der Waals surface area contributed by atoms with Crippen molar-refractivity contribution in [3.05, 3.63) is 68.6 Å². The molecular weight excluding hydrogens is 298 g/mol. The van der Waals surface area contributed by atoms with Crippen molar-refractivity contribution in [1.82, 2.24) is 9.24 Å². The van der Waals surface area contributed by atoms with Crippen LogP contribution < -0.4 is 16.7 Å². The number of pyridine rings is 1. The fourth-order valence-electron chi connectivity index (χ4n) is 2.48. The Bertz CT molecular complexity index is 1010. The van der Waals surface area contributed by atoms with Crippen LogP contribution >= 0.6 is 0 Å². The molecule has 1 N–H and O–H groups in total. The van der Waals surface area contributed by atoms with E-state index in [1.54, 1.807) is 44.2 Å². The van der Waals surface area contributed by atoms with Crippen molar-refractivity contribution in [2.24, 2.45) is 0 Å². The molecule has 0 unspecified atom stereocenters. The number of rotatable bonds is 3. The highest BCUT2D eigenvalue weighted by Crippen LogP contribution is 2.11. The van der Waals surface area contributed by atoms with Crippen molar-refractivity contribution in [2.45, 2.75) is 20.4 Å². The number of carbonyl (C=O) groups excluding carboxylic acids is 1. The van der Waals surface area contributed by atoms with Crippen molar-refractivity contribution in [3.8, 4) is 0 Å². The first-order valence-corrected chi connectivity index (χ1v) is 7.04. The Hall–Kier alpha value is -3.09. The molecule has 2 heterocycles. The number of para-hydroxylation sites is 2. The van der Waals surface area contributed by atoms with Gasteiger partial charge >= 0.3 is 5.76 Å². The molecule has 0 saturated heterocycles. The second-order valence-electron chi connectivity index (χ2n) is 5.30. The molecular formula is C16H15N3O4. The van der Waals surface area contributed by atoms with Crippen molar-refractivity contribution < 1.29 is 9.21 Å². The maximum absolute atomic E-state index is 12.2. The highest BCUT2D eigenvalue weighted by atomic mass is 16.4.